The number of rotatable bonds is 18. The number of carbonyl (C=O) groups excluding carboxylic acids is 3. The number of benzene rings is 5. The van der Waals surface area contributed by atoms with Crippen LogP contribution in [0.25, 0.3) is 0 Å². The minimum absolute atomic E-state index is 0.0991. The first kappa shape index (κ1) is 43.7. The van der Waals surface area contributed by atoms with Crippen LogP contribution in [0.2, 0.25) is 0 Å². The lowest BCUT2D eigenvalue weighted by molar-refractivity contribution is -0.153. The third kappa shape index (κ3) is 9.23. The predicted molar refractivity (Wildman–Crippen MR) is 251 cm³/mol. The topological polar surface area (TPSA) is 160 Å². The summed E-state index contributed by atoms with van der Waals surface area (Å²) in [6, 6.07) is 47.3. The third-order valence-electron chi connectivity index (χ3n) is 10.5. The third-order valence-corrected chi connectivity index (χ3v) is 13.8. The molecule has 0 aliphatic carbocycles. The Hall–Kier alpha value is -6.94. The second kappa shape index (κ2) is 20.1. The molecule has 15 heteroatoms. The number of nitrogens with zero attached hydrogens (tertiary/aromatic N) is 3. The van der Waals surface area contributed by atoms with E-state index in [0.29, 0.717) is 21.5 Å². The fourth-order valence-corrected chi connectivity index (χ4v) is 10.7. The number of aliphatic carboxylic acids is 1. The lowest BCUT2D eigenvalue weighted by atomic mass is 9.77. The number of thiazole rings is 1. The molecule has 2 atom stereocenters. The number of anilines is 1. The highest BCUT2D eigenvalue weighted by Crippen LogP contribution is 2.44. The van der Waals surface area contributed by atoms with Gasteiger partial charge in [-0.2, -0.15) is 0 Å². The molecule has 8 rings (SSSR count). The number of aromatic nitrogens is 1. The molecule has 0 saturated carbocycles. The first-order valence-electron chi connectivity index (χ1n) is 20.1. The number of esters is 1. The van der Waals surface area contributed by atoms with Gasteiger partial charge in [0.15, 0.2) is 16.9 Å². The first-order chi connectivity index (χ1) is 31.3. The van der Waals surface area contributed by atoms with Crippen molar-refractivity contribution in [3.05, 3.63) is 214 Å². The van der Waals surface area contributed by atoms with Crippen LogP contribution in [0.3, 0.4) is 0 Å². The van der Waals surface area contributed by atoms with Crippen LogP contribution in [0.5, 0.6) is 0 Å². The Morgan fingerprint density at radius 3 is 1.91 bits per heavy atom. The summed E-state index contributed by atoms with van der Waals surface area (Å²) >= 11 is 3.87. The quantitative estimate of drug-likeness (QED) is 0.0191. The highest BCUT2D eigenvalue weighted by atomic mass is 32.2. The molecule has 322 valence electrons. The van der Waals surface area contributed by atoms with Crippen LogP contribution in [-0.4, -0.2) is 74.0 Å². The smallest absolute Gasteiger partial charge is 0.353 e. The van der Waals surface area contributed by atoms with E-state index in [1.165, 1.54) is 39.8 Å². The number of fused-ring (bicyclic) bond motifs is 1. The van der Waals surface area contributed by atoms with Gasteiger partial charge >= 0.3 is 11.9 Å². The van der Waals surface area contributed by atoms with Gasteiger partial charge in [0.2, 0.25) is 6.61 Å². The van der Waals surface area contributed by atoms with E-state index in [4.69, 9.17) is 14.6 Å². The van der Waals surface area contributed by atoms with Crippen molar-refractivity contribution in [1.29, 1.82) is 0 Å². The molecule has 2 aliphatic rings. The van der Waals surface area contributed by atoms with Gasteiger partial charge in [-0.25, -0.2) is 14.6 Å². The summed E-state index contributed by atoms with van der Waals surface area (Å²) in [6.07, 6.45) is 0.921. The lowest BCUT2D eigenvalue weighted by Crippen LogP contribution is -2.71. The Kier molecular flexibility index (Phi) is 13.7. The molecule has 2 amide bonds. The second-order valence-corrected chi connectivity index (χ2v) is 17.5. The maximum absolute atomic E-state index is 14.4. The number of oxime groups is 1. The van der Waals surface area contributed by atoms with Crippen molar-refractivity contribution in [2.45, 2.75) is 23.1 Å². The number of carboxylic acid groups (broad SMARTS) is 1. The lowest BCUT2D eigenvalue weighted by Gasteiger charge is -2.49. The molecule has 1 saturated heterocycles. The molecular formula is C49H41N5O7S3. The Morgan fingerprint density at radius 1 is 0.859 bits per heavy atom. The van der Waals surface area contributed by atoms with Crippen molar-refractivity contribution in [2.24, 2.45) is 5.16 Å². The van der Waals surface area contributed by atoms with Crippen LogP contribution in [0.15, 0.2) is 185 Å². The standard InChI is InChI=1S/C49H41N5O7S3/c1-2-28-62-38-31-63-46-41(45(57)54(46)42(38)47(58)59)51-44(56)40(53-60-29-39(55)61-43(32-18-8-3-9-19-32)33-20-10-4-11-21-33)37-30-64-48(50-37)52-49(34-22-12-5-13-23-34,35-24-14-6-15-25-35)36-26-16-7-17-27-36/h2-27,30,41,43,46H,1,28-29,31H2,(H,50,52)(H,51,56)(H,58,59)/t41-,46+/m1/s1. The van der Waals surface area contributed by atoms with E-state index in [2.05, 4.69) is 22.4 Å². The SMILES string of the molecule is C=CCSC1=C(C(=O)O)N2C(=O)[C@@H](NC(=O)C(=NOCC(=O)OC(c3ccccc3)c3ccccc3)c3csc(NC(c4ccccc4)(c4ccccc4)c4ccccc4)n3)[C@@H]2SC1. The number of amides is 2. The van der Waals surface area contributed by atoms with Gasteiger partial charge in [0.1, 0.15) is 28.3 Å². The summed E-state index contributed by atoms with van der Waals surface area (Å²) in [5, 5.41) is 22.1. The van der Waals surface area contributed by atoms with Crippen LogP contribution >= 0.6 is 34.9 Å². The van der Waals surface area contributed by atoms with Crippen LogP contribution in [0.1, 0.15) is 39.6 Å². The summed E-state index contributed by atoms with van der Waals surface area (Å²) in [4.78, 5) is 66.0. The van der Waals surface area contributed by atoms with E-state index in [9.17, 15) is 24.3 Å². The molecule has 12 nitrogen and oxygen atoms in total. The van der Waals surface area contributed by atoms with E-state index in [0.717, 1.165) is 27.8 Å². The van der Waals surface area contributed by atoms with E-state index < -0.39 is 53.4 Å². The monoisotopic (exact) mass is 907 g/mol. The average Bonchev–Trinajstić information content (AvgIpc) is 3.81. The van der Waals surface area contributed by atoms with E-state index in [1.54, 1.807) is 11.5 Å². The molecule has 0 spiro atoms. The maximum atomic E-state index is 14.4. The van der Waals surface area contributed by atoms with E-state index >= 15 is 0 Å². The van der Waals surface area contributed by atoms with Crippen LogP contribution in [0.4, 0.5) is 5.13 Å². The van der Waals surface area contributed by atoms with Crippen molar-refractivity contribution in [3.63, 3.8) is 0 Å². The first-order valence-corrected chi connectivity index (χ1v) is 23.1. The highest BCUT2D eigenvalue weighted by Gasteiger charge is 2.54. The second-order valence-electron chi connectivity index (χ2n) is 14.5. The van der Waals surface area contributed by atoms with Crippen molar-refractivity contribution in [3.8, 4) is 0 Å². The molecule has 1 aromatic heterocycles. The zero-order chi connectivity index (χ0) is 44.5. The van der Waals surface area contributed by atoms with Gasteiger partial charge in [0, 0.05) is 21.8 Å². The zero-order valence-electron chi connectivity index (χ0n) is 34.1. The summed E-state index contributed by atoms with van der Waals surface area (Å²) in [5.74, 6) is -2.59. The number of ether oxygens (including phenoxy) is 1. The largest absolute Gasteiger partial charge is 0.477 e. The molecule has 64 heavy (non-hydrogen) atoms. The van der Waals surface area contributed by atoms with Crippen LogP contribution < -0.4 is 10.6 Å². The zero-order valence-corrected chi connectivity index (χ0v) is 36.6. The molecule has 2 aliphatic heterocycles. The van der Waals surface area contributed by atoms with Gasteiger partial charge in [-0.3, -0.25) is 14.5 Å². The van der Waals surface area contributed by atoms with Gasteiger partial charge in [-0.15, -0.1) is 41.4 Å². The van der Waals surface area contributed by atoms with Gasteiger partial charge < -0.3 is 25.3 Å². The Labute approximate surface area is 382 Å². The number of carbonyl (C=O) groups is 4. The highest BCUT2D eigenvalue weighted by molar-refractivity contribution is 8.06. The number of hydrogen-bond acceptors (Lipinski definition) is 12. The minimum atomic E-state index is -1.24. The summed E-state index contributed by atoms with van der Waals surface area (Å²) in [6.45, 7) is 3.05. The van der Waals surface area contributed by atoms with Gasteiger partial charge in [-0.1, -0.05) is 163 Å². The number of hydrogen-bond donors (Lipinski definition) is 3. The van der Waals surface area contributed by atoms with Crippen molar-refractivity contribution >= 4 is 69.5 Å². The maximum Gasteiger partial charge on any atom is 0.353 e. The van der Waals surface area contributed by atoms with Gasteiger partial charge in [0.05, 0.1) is 0 Å². The van der Waals surface area contributed by atoms with Crippen LogP contribution in [0, 0.1) is 0 Å². The average molecular weight is 908 g/mol. The van der Waals surface area contributed by atoms with Gasteiger partial charge in [0.25, 0.3) is 11.8 Å². The summed E-state index contributed by atoms with van der Waals surface area (Å²) in [5.41, 5.74) is 3.03. The molecule has 0 bridgehead atoms. The normalized spacial score (nSPS) is 16.0. The predicted octanol–water partition coefficient (Wildman–Crippen LogP) is 8.22. The Morgan fingerprint density at radius 2 is 1.39 bits per heavy atom. The molecule has 6 aromatic rings. The fraction of sp³-hybridized carbons (Fsp3) is 0.143. The molecule has 0 radical (unpaired) electrons. The van der Waals surface area contributed by atoms with Crippen molar-refractivity contribution in [2.75, 3.05) is 23.4 Å². The molecule has 0 unspecified atom stereocenters. The van der Waals surface area contributed by atoms with Crippen LogP contribution in [-0.2, 0) is 34.3 Å². The van der Waals surface area contributed by atoms with Crippen molar-refractivity contribution < 1.29 is 33.9 Å². The molecule has 5 aromatic carbocycles. The van der Waals surface area contributed by atoms with E-state index in [-0.39, 0.29) is 17.1 Å². The summed E-state index contributed by atoms with van der Waals surface area (Å²) < 4.78 is 5.91. The van der Waals surface area contributed by atoms with Crippen molar-refractivity contribution in [1.82, 2.24) is 15.2 Å². The number of thioether (sulfide) groups is 2. The Bertz CT molecular complexity index is 2550. The molecule has 3 heterocycles. The van der Waals surface area contributed by atoms with E-state index in [1.807, 2.05) is 152 Å². The summed E-state index contributed by atoms with van der Waals surface area (Å²) in [7, 11) is 0. The number of β-lactam (4-membered cyclic amide) rings is 1. The van der Waals surface area contributed by atoms with Gasteiger partial charge in [-0.05, 0) is 27.8 Å². The Balaban J connectivity index is 1.10. The number of nitrogens with one attached hydrogen (secondary N) is 2. The minimum Gasteiger partial charge on any atom is -0.477 e. The molecule has 1 fully saturated rings. The molecule has 3 N–H and O–H groups in total. The molecular weight excluding hydrogens is 867 g/mol. The number of carboxylic acids is 1. The fourth-order valence-electron chi connectivity index (χ4n) is 7.56.